The Hall–Kier alpha value is -1.63. The van der Waals surface area contributed by atoms with Crippen molar-refractivity contribution in [2.75, 3.05) is 19.6 Å². The normalized spacial score (nSPS) is 21.1. The van der Waals surface area contributed by atoms with E-state index in [0.29, 0.717) is 12.6 Å². The van der Waals surface area contributed by atoms with Crippen molar-refractivity contribution >= 4 is 5.96 Å². The van der Waals surface area contributed by atoms with Crippen molar-refractivity contribution in [3.05, 3.63) is 11.6 Å². The van der Waals surface area contributed by atoms with E-state index in [1.54, 1.807) is 0 Å². The molecule has 0 spiro atoms. The SMILES string of the molecule is CCNC(=NCc1nnc(C)n1C)NC1CCN(C2CCCCC2)CC1. The van der Waals surface area contributed by atoms with Crippen LogP contribution < -0.4 is 10.6 Å². The van der Waals surface area contributed by atoms with Gasteiger partial charge in [0, 0.05) is 38.8 Å². The van der Waals surface area contributed by atoms with Gasteiger partial charge >= 0.3 is 0 Å². The van der Waals surface area contributed by atoms with E-state index in [0.717, 1.165) is 30.2 Å². The van der Waals surface area contributed by atoms with Crippen LogP contribution in [0.5, 0.6) is 0 Å². The number of aromatic nitrogens is 3. The average Bonchev–Trinajstić information content (AvgIpc) is 2.99. The molecule has 2 fully saturated rings. The van der Waals surface area contributed by atoms with E-state index in [4.69, 9.17) is 4.99 Å². The Balaban J connectivity index is 1.50. The molecule has 0 atom stereocenters. The summed E-state index contributed by atoms with van der Waals surface area (Å²) in [6.45, 7) is 7.91. The molecule has 0 aromatic carbocycles. The number of aryl methyl sites for hydroxylation is 1. The minimum absolute atomic E-state index is 0.508. The number of guanidine groups is 1. The molecule has 26 heavy (non-hydrogen) atoms. The second-order valence-corrected chi connectivity index (χ2v) is 7.66. The van der Waals surface area contributed by atoms with E-state index in [1.807, 2.05) is 18.5 Å². The number of likely N-dealkylation sites (tertiary alicyclic amines) is 1. The van der Waals surface area contributed by atoms with E-state index < -0.39 is 0 Å². The number of aliphatic imine (C=N–C) groups is 1. The van der Waals surface area contributed by atoms with Gasteiger partial charge in [-0.05, 0) is 39.5 Å². The number of piperidine rings is 1. The highest BCUT2D eigenvalue weighted by atomic mass is 15.3. The second-order valence-electron chi connectivity index (χ2n) is 7.66. The maximum absolute atomic E-state index is 4.72. The van der Waals surface area contributed by atoms with Crippen molar-refractivity contribution in [3.63, 3.8) is 0 Å². The third-order valence-corrected chi connectivity index (χ3v) is 5.87. The highest BCUT2D eigenvalue weighted by Crippen LogP contribution is 2.25. The molecule has 0 unspecified atom stereocenters. The lowest BCUT2D eigenvalue weighted by atomic mass is 9.92. The Bertz CT molecular complexity index is 581. The van der Waals surface area contributed by atoms with E-state index in [9.17, 15) is 0 Å². The van der Waals surface area contributed by atoms with Crippen LogP contribution in [0.15, 0.2) is 4.99 Å². The lowest BCUT2D eigenvalue weighted by molar-refractivity contribution is 0.119. The Morgan fingerprint density at radius 2 is 1.85 bits per heavy atom. The zero-order valence-electron chi connectivity index (χ0n) is 16.7. The summed E-state index contributed by atoms with van der Waals surface area (Å²) in [6.07, 6.45) is 9.47. The number of nitrogens with one attached hydrogen (secondary N) is 2. The third-order valence-electron chi connectivity index (χ3n) is 5.87. The molecular formula is C19H35N7. The summed E-state index contributed by atoms with van der Waals surface area (Å²) in [5, 5.41) is 15.3. The van der Waals surface area contributed by atoms with Gasteiger partial charge in [-0.15, -0.1) is 10.2 Å². The Labute approximate surface area is 157 Å². The standard InChI is InChI=1S/C19H35N7/c1-4-20-19(21-14-18-24-23-15(2)25(18)3)22-16-10-12-26(13-11-16)17-8-6-5-7-9-17/h16-17H,4-14H2,1-3H3,(H2,20,21,22). The molecule has 0 amide bonds. The van der Waals surface area contributed by atoms with Crippen LogP contribution in [0.4, 0.5) is 0 Å². The van der Waals surface area contributed by atoms with E-state index >= 15 is 0 Å². The molecule has 1 saturated heterocycles. The quantitative estimate of drug-likeness (QED) is 0.620. The van der Waals surface area contributed by atoms with Crippen LogP contribution in [0.1, 0.15) is 63.5 Å². The first-order valence-electron chi connectivity index (χ1n) is 10.3. The molecular weight excluding hydrogens is 326 g/mol. The molecule has 1 aromatic heterocycles. The summed E-state index contributed by atoms with van der Waals surface area (Å²) >= 11 is 0. The number of rotatable bonds is 5. The Kier molecular flexibility index (Phi) is 6.88. The first-order valence-corrected chi connectivity index (χ1v) is 10.3. The van der Waals surface area contributed by atoms with Crippen molar-refractivity contribution in [2.45, 2.75) is 77.4 Å². The summed E-state index contributed by atoms with van der Waals surface area (Å²) in [5.41, 5.74) is 0. The number of hydrogen-bond donors (Lipinski definition) is 2. The average molecular weight is 362 g/mol. The molecule has 0 bridgehead atoms. The van der Waals surface area contributed by atoms with E-state index in [1.165, 1.54) is 58.0 Å². The van der Waals surface area contributed by atoms with Gasteiger partial charge in [0.15, 0.2) is 11.8 Å². The molecule has 2 aliphatic rings. The maximum Gasteiger partial charge on any atom is 0.191 e. The topological polar surface area (TPSA) is 70.4 Å². The van der Waals surface area contributed by atoms with Crippen LogP contribution in [0, 0.1) is 6.92 Å². The van der Waals surface area contributed by atoms with Gasteiger partial charge in [-0.2, -0.15) is 0 Å². The second kappa shape index (κ2) is 9.35. The van der Waals surface area contributed by atoms with Gasteiger partial charge in [-0.3, -0.25) is 0 Å². The fourth-order valence-corrected chi connectivity index (χ4v) is 4.11. The zero-order valence-corrected chi connectivity index (χ0v) is 16.7. The lowest BCUT2D eigenvalue weighted by Crippen LogP contribution is -2.51. The molecule has 2 heterocycles. The van der Waals surface area contributed by atoms with Crippen LogP contribution in [-0.4, -0.2) is 57.3 Å². The molecule has 3 rings (SSSR count). The Morgan fingerprint density at radius 1 is 1.12 bits per heavy atom. The molecule has 7 heteroatoms. The summed E-state index contributed by atoms with van der Waals surface area (Å²) in [6, 6.07) is 1.35. The van der Waals surface area contributed by atoms with Crippen LogP contribution in [0.25, 0.3) is 0 Å². The Morgan fingerprint density at radius 3 is 2.46 bits per heavy atom. The molecule has 2 N–H and O–H groups in total. The van der Waals surface area contributed by atoms with Crippen LogP contribution in [0.3, 0.4) is 0 Å². The molecule has 1 aliphatic carbocycles. The summed E-state index contributed by atoms with van der Waals surface area (Å²) in [4.78, 5) is 7.44. The lowest BCUT2D eigenvalue weighted by Gasteiger charge is -2.39. The van der Waals surface area contributed by atoms with E-state index in [-0.39, 0.29) is 0 Å². The fourth-order valence-electron chi connectivity index (χ4n) is 4.11. The summed E-state index contributed by atoms with van der Waals surface area (Å²) in [5.74, 6) is 2.71. The van der Waals surface area contributed by atoms with Crippen molar-refractivity contribution in [2.24, 2.45) is 12.0 Å². The van der Waals surface area contributed by atoms with Crippen LogP contribution in [-0.2, 0) is 13.6 Å². The molecule has 0 radical (unpaired) electrons. The highest BCUT2D eigenvalue weighted by molar-refractivity contribution is 5.80. The van der Waals surface area contributed by atoms with Gasteiger partial charge < -0.3 is 20.1 Å². The maximum atomic E-state index is 4.72. The summed E-state index contributed by atoms with van der Waals surface area (Å²) < 4.78 is 2.00. The molecule has 1 aliphatic heterocycles. The monoisotopic (exact) mass is 361 g/mol. The van der Waals surface area contributed by atoms with Crippen molar-refractivity contribution in [3.8, 4) is 0 Å². The summed E-state index contributed by atoms with van der Waals surface area (Å²) in [7, 11) is 1.99. The van der Waals surface area contributed by atoms with Gasteiger partial charge in [-0.25, -0.2) is 4.99 Å². The zero-order chi connectivity index (χ0) is 18.4. The van der Waals surface area contributed by atoms with Crippen LogP contribution >= 0.6 is 0 Å². The van der Waals surface area contributed by atoms with Crippen molar-refractivity contribution in [1.82, 2.24) is 30.3 Å². The van der Waals surface area contributed by atoms with Crippen LogP contribution in [0.2, 0.25) is 0 Å². The van der Waals surface area contributed by atoms with Gasteiger partial charge in [0.25, 0.3) is 0 Å². The van der Waals surface area contributed by atoms with Crippen molar-refractivity contribution < 1.29 is 0 Å². The van der Waals surface area contributed by atoms with Crippen molar-refractivity contribution in [1.29, 1.82) is 0 Å². The fraction of sp³-hybridized carbons (Fsp3) is 0.842. The number of hydrogen-bond acceptors (Lipinski definition) is 4. The molecule has 1 aromatic rings. The molecule has 146 valence electrons. The van der Waals surface area contributed by atoms with Gasteiger partial charge in [0.1, 0.15) is 12.4 Å². The largest absolute Gasteiger partial charge is 0.357 e. The smallest absolute Gasteiger partial charge is 0.191 e. The molecule has 7 nitrogen and oxygen atoms in total. The molecule has 1 saturated carbocycles. The minimum atomic E-state index is 0.508. The predicted molar refractivity (Wildman–Crippen MR) is 105 cm³/mol. The van der Waals surface area contributed by atoms with Gasteiger partial charge in [0.05, 0.1) is 0 Å². The first-order chi connectivity index (χ1) is 12.7. The first kappa shape index (κ1) is 19.1. The minimum Gasteiger partial charge on any atom is -0.357 e. The van der Waals surface area contributed by atoms with E-state index in [2.05, 4.69) is 32.7 Å². The van der Waals surface area contributed by atoms with Gasteiger partial charge in [0.2, 0.25) is 0 Å². The number of nitrogens with zero attached hydrogens (tertiary/aromatic N) is 5. The van der Waals surface area contributed by atoms with Gasteiger partial charge in [-0.1, -0.05) is 19.3 Å². The highest BCUT2D eigenvalue weighted by Gasteiger charge is 2.26. The predicted octanol–water partition coefficient (Wildman–Crippen LogP) is 1.98. The third kappa shape index (κ3) is 4.96.